The van der Waals surface area contributed by atoms with Gasteiger partial charge in [-0.15, -0.1) is 0 Å². The number of aromatic nitrogens is 2. The fourth-order valence-electron chi connectivity index (χ4n) is 2.07. The van der Waals surface area contributed by atoms with Crippen LogP contribution in [-0.4, -0.2) is 33.4 Å². The molecule has 0 aliphatic rings. The van der Waals surface area contributed by atoms with Crippen molar-refractivity contribution in [3.8, 4) is 0 Å². The monoisotopic (exact) mass is 251 g/mol. The van der Waals surface area contributed by atoms with Crippen molar-refractivity contribution in [1.82, 2.24) is 14.5 Å². The van der Waals surface area contributed by atoms with E-state index >= 15 is 0 Å². The second-order valence-corrected chi connectivity index (χ2v) is 5.07. The fourth-order valence-corrected chi connectivity index (χ4v) is 2.07. The number of aryl methyl sites for hydroxylation is 1. The van der Waals surface area contributed by atoms with Gasteiger partial charge in [-0.3, -0.25) is 4.79 Å². The zero-order valence-electron chi connectivity index (χ0n) is 12.2. The quantitative estimate of drug-likeness (QED) is 0.778. The van der Waals surface area contributed by atoms with Crippen LogP contribution in [0, 0.1) is 12.8 Å². The van der Waals surface area contributed by atoms with Crippen molar-refractivity contribution < 1.29 is 4.79 Å². The molecule has 0 unspecified atom stereocenters. The first kappa shape index (κ1) is 14.7. The summed E-state index contributed by atoms with van der Waals surface area (Å²) in [5.41, 5.74) is 1.08. The lowest BCUT2D eigenvalue weighted by atomic mass is 10.1. The van der Waals surface area contributed by atoms with Crippen LogP contribution in [0.5, 0.6) is 0 Å². The molecule has 4 heteroatoms. The van der Waals surface area contributed by atoms with E-state index in [2.05, 4.69) is 18.8 Å². The second kappa shape index (κ2) is 6.57. The number of carbonyl (C=O) groups is 1. The lowest BCUT2D eigenvalue weighted by Gasteiger charge is -2.19. The molecule has 0 saturated carbocycles. The highest BCUT2D eigenvalue weighted by atomic mass is 16.2. The standard InChI is InChI=1S/C14H25N3O/c1-6-16(7-2)14(18)10-17-9-13(8-11(3)4)15-12(17)5/h9,11H,6-8,10H2,1-5H3. The Kier molecular flexibility index (Phi) is 5.38. The molecule has 0 radical (unpaired) electrons. The van der Waals surface area contributed by atoms with Gasteiger partial charge in [0.2, 0.25) is 5.91 Å². The van der Waals surface area contributed by atoms with Crippen molar-refractivity contribution in [2.45, 2.75) is 47.6 Å². The zero-order chi connectivity index (χ0) is 13.7. The first-order valence-corrected chi connectivity index (χ1v) is 6.78. The summed E-state index contributed by atoms with van der Waals surface area (Å²) in [5, 5.41) is 0. The molecule has 0 aliphatic carbocycles. The van der Waals surface area contributed by atoms with Crippen molar-refractivity contribution in [3.63, 3.8) is 0 Å². The van der Waals surface area contributed by atoms with Crippen LogP contribution in [0.25, 0.3) is 0 Å². The molecule has 4 nitrogen and oxygen atoms in total. The van der Waals surface area contributed by atoms with Crippen LogP contribution in [0.1, 0.15) is 39.2 Å². The number of nitrogens with zero attached hydrogens (tertiary/aromatic N) is 3. The first-order chi connectivity index (χ1) is 8.47. The molecule has 0 saturated heterocycles. The van der Waals surface area contributed by atoms with Crippen LogP contribution >= 0.6 is 0 Å². The normalized spacial score (nSPS) is 11.0. The number of hydrogen-bond acceptors (Lipinski definition) is 2. The van der Waals surface area contributed by atoms with Gasteiger partial charge in [-0.05, 0) is 33.1 Å². The van der Waals surface area contributed by atoms with E-state index in [1.807, 2.05) is 36.4 Å². The van der Waals surface area contributed by atoms with E-state index in [-0.39, 0.29) is 5.91 Å². The number of imidazole rings is 1. The van der Waals surface area contributed by atoms with Crippen molar-refractivity contribution in [2.75, 3.05) is 13.1 Å². The van der Waals surface area contributed by atoms with E-state index in [0.717, 1.165) is 31.0 Å². The lowest BCUT2D eigenvalue weighted by Crippen LogP contribution is -2.33. The van der Waals surface area contributed by atoms with Crippen LogP contribution in [0.3, 0.4) is 0 Å². The Morgan fingerprint density at radius 1 is 1.39 bits per heavy atom. The van der Waals surface area contributed by atoms with Gasteiger partial charge in [0.15, 0.2) is 0 Å². The highest BCUT2D eigenvalue weighted by Gasteiger charge is 2.13. The SMILES string of the molecule is CCN(CC)C(=O)Cn1cc(CC(C)C)nc1C. The summed E-state index contributed by atoms with van der Waals surface area (Å²) in [5.74, 6) is 1.67. The lowest BCUT2D eigenvalue weighted by molar-refractivity contribution is -0.131. The Balaban J connectivity index is 2.72. The van der Waals surface area contributed by atoms with Gasteiger partial charge >= 0.3 is 0 Å². The van der Waals surface area contributed by atoms with Crippen molar-refractivity contribution in [2.24, 2.45) is 5.92 Å². The van der Waals surface area contributed by atoms with Crippen molar-refractivity contribution in [1.29, 1.82) is 0 Å². The molecule has 18 heavy (non-hydrogen) atoms. The Labute approximate surface area is 110 Å². The smallest absolute Gasteiger partial charge is 0.242 e. The largest absolute Gasteiger partial charge is 0.342 e. The Morgan fingerprint density at radius 2 is 2.00 bits per heavy atom. The molecule has 102 valence electrons. The van der Waals surface area contributed by atoms with Gasteiger partial charge < -0.3 is 9.47 Å². The fraction of sp³-hybridized carbons (Fsp3) is 0.714. The predicted molar refractivity (Wildman–Crippen MR) is 73.4 cm³/mol. The molecule has 0 N–H and O–H groups in total. The van der Waals surface area contributed by atoms with E-state index in [1.54, 1.807) is 0 Å². The van der Waals surface area contributed by atoms with Crippen LogP contribution < -0.4 is 0 Å². The third-order valence-electron chi connectivity index (χ3n) is 3.07. The number of likely N-dealkylation sites (N-methyl/N-ethyl adjacent to an activating group) is 1. The molecule has 1 aromatic heterocycles. The van der Waals surface area contributed by atoms with Crippen molar-refractivity contribution in [3.05, 3.63) is 17.7 Å². The van der Waals surface area contributed by atoms with Gasteiger partial charge in [-0.25, -0.2) is 4.98 Å². The molecule has 1 amide bonds. The molecular weight excluding hydrogens is 226 g/mol. The molecule has 1 heterocycles. The van der Waals surface area contributed by atoms with E-state index < -0.39 is 0 Å². The van der Waals surface area contributed by atoms with Gasteiger partial charge in [0.05, 0.1) is 5.69 Å². The first-order valence-electron chi connectivity index (χ1n) is 6.78. The Hall–Kier alpha value is -1.32. The maximum absolute atomic E-state index is 12.0. The summed E-state index contributed by atoms with van der Waals surface area (Å²) in [7, 11) is 0. The van der Waals surface area contributed by atoms with Gasteiger partial charge in [0, 0.05) is 19.3 Å². The third-order valence-corrected chi connectivity index (χ3v) is 3.07. The van der Waals surface area contributed by atoms with E-state index in [0.29, 0.717) is 12.5 Å². The third kappa shape index (κ3) is 3.86. The molecule has 0 fully saturated rings. The van der Waals surface area contributed by atoms with Gasteiger partial charge in [0.25, 0.3) is 0 Å². The Bertz CT molecular complexity index is 392. The zero-order valence-corrected chi connectivity index (χ0v) is 12.2. The van der Waals surface area contributed by atoms with E-state index in [4.69, 9.17) is 0 Å². The second-order valence-electron chi connectivity index (χ2n) is 5.07. The van der Waals surface area contributed by atoms with Crippen LogP contribution in [0.2, 0.25) is 0 Å². The minimum atomic E-state index is 0.164. The van der Waals surface area contributed by atoms with Crippen LogP contribution in [-0.2, 0) is 17.8 Å². The maximum Gasteiger partial charge on any atom is 0.242 e. The molecule has 0 atom stereocenters. The highest BCUT2D eigenvalue weighted by Crippen LogP contribution is 2.09. The van der Waals surface area contributed by atoms with Crippen molar-refractivity contribution >= 4 is 5.91 Å². The average molecular weight is 251 g/mol. The van der Waals surface area contributed by atoms with Gasteiger partial charge in [-0.1, -0.05) is 13.8 Å². The van der Waals surface area contributed by atoms with Gasteiger partial charge in [-0.2, -0.15) is 0 Å². The summed E-state index contributed by atoms with van der Waals surface area (Å²) < 4.78 is 1.96. The summed E-state index contributed by atoms with van der Waals surface area (Å²) in [6.45, 7) is 12.3. The number of hydrogen-bond donors (Lipinski definition) is 0. The summed E-state index contributed by atoms with van der Waals surface area (Å²) >= 11 is 0. The number of amides is 1. The number of carbonyl (C=O) groups excluding carboxylic acids is 1. The molecule has 1 aromatic rings. The molecule has 0 bridgehead atoms. The van der Waals surface area contributed by atoms with Crippen LogP contribution in [0.15, 0.2) is 6.20 Å². The Morgan fingerprint density at radius 3 is 2.50 bits per heavy atom. The maximum atomic E-state index is 12.0. The highest BCUT2D eigenvalue weighted by molar-refractivity contribution is 5.76. The molecule has 1 rings (SSSR count). The molecule has 0 aromatic carbocycles. The summed E-state index contributed by atoms with van der Waals surface area (Å²) in [6.07, 6.45) is 2.98. The van der Waals surface area contributed by atoms with Crippen LogP contribution in [0.4, 0.5) is 0 Å². The molecular formula is C14H25N3O. The summed E-state index contributed by atoms with van der Waals surface area (Å²) in [6, 6.07) is 0. The van der Waals surface area contributed by atoms with E-state index in [9.17, 15) is 4.79 Å². The molecule has 0 aliphatic heterocycles. The van der Waals surface area contributed by atoms with Gasteiger partial charge in [0.1, 0.15) is 12.4 Å². The molecule has 0 spiro atoms. The minimum absolute atomic E-state index is 0.164. The summed E-state index contributed by atoms with van der Waals surface area (Å²) in [4.78, 5) is 18.4. The topological polar surface area (TPSA) is 38.1 Å². The average Bonchev–Trinajstić information content (AvgIpc) is 2.59. The van der Waals surface area contributed by atoms with E-state index in [1.165, 1.54) is 0 Å². The predicted octanol–water partition coefficient (Wildman–Crippen LogP) is 2.26. The minimum Gasteiger partial charge on any atom is -0.342 e. The number of rotatable bonds is 6.